The van der Waals surface area contributed by atoms with Crippen molar-refractivity contribution in [1.29, 1.82) is 10.5 Å². The van der Waals surface area contributed by atoms with E-state index in [-0.39, 0.29) is 47.2 Å². The van der Waals surface area contributed by atoms with Gasteiger partial charge in [0.15, 0.2) is 23.0 Å². The van der Waals surface area contributed by atoms with Crippen LogP contribution in [0.4, 0.5) is 29.2 Å². The maximum absolute atomic E-state index is 13.9. The Labute approximate surface area is 168 Å². The lowest BCUT2D eigenvalue weighted by atomic mass is 10.2. The van der Waals surface area contributed by atoms with Crippen LogP contribution in [0.3, 0.4) is 0 Å². The number of nitrogens with one attached hydrogen (secondary N) is 2. The molecule has 0 unspecified atom stereocenters. The van der Waals surface area contributed by atoms with E-state index in [1.807, 2.05) is 0 Å². The summed E-state index contributed by atoms with van der Waals surface area (Å²) in [7, 11) is 0. The Kier molecular flexibility index (Phi) is 6.08. The van der Waals surface area contributed by atoms with Gasteiger partial charge in [0.2, 0.25) is 0 Å². The smallest absolute Gasteiger partial charge is 0.179 e. The second-order valence-corrected chi connectivity index (χ2v) is 6.02. The van der Waals surface area contributed by atoms with Crippen LogP contribution in [0.25, 0.3) is 0 Å². The van der Waals surface area contributed by atoms with Crippen molar-refractivity contribution in [3.63, 3.8) is 0 Å². The van der Waals surface area contributed by atoms with Crippen LogP contribution in [0.2, 0.25) is 0 Å². The van der Waals surface area contributed by atoms with Crippen LogP contribution < -0.4 is 10.6 Å². The van der Waals surface area contributed by atoms with Crippen LogP contribution in [0.1, 0.15) is 22.5 Å². The number of benzene rings is 2. The molecule has 0 fully saturated rings. The van der Waals surface area contributed by atoms with Gasteiger partial charge in [0.1, 0.15) is 35.4 Å². The number of halogens is 4. The molecular weight excluding hydrogens is 400 g/mol. The zero-order valence-electron chi connectivity index (χ0n) is 15.2. The summed E-state index contributed by atoms with van der Waals surface area (Å²) in [6.45, 7) is -0.256. The molecule has 0 saturated carbocycles. The van der Waals surface area contributed by atoms with Gasteiger partial charge in [-0.05, 0) is 12.1 Å². The van der Waals surface area contributed by atoms with Crippen molar-refractivity contribution in [3.8, 4) is 12.1 Å². The second-order valence-electron chi connectivity index (χ2n) is 6.02. The fourth-order valence-electron chi connectivity index (χ4n) is 2.53. The quantitative estimate of drug-likeness (QED) is 0.594. The van der Waals surface area contributed by atoms with Gasteiger partial charge in [-0.3, -0.25) is 0 Å². The zero-order chi connectivity index (χ0) is 21.7. The molecule has 3 aromatic rings. The molecule has 0 aliphatic carbocycles. The molecule has 0 saturated heterocycles. The number of nitrogens with zero attached hydrogens (tertiary/aromatic N) is 4. The standard InChI is InChI=1S/C20H12F4N6/c21-13-3-1-11(15(23)5-13)9-27-19-20(30-18(8-26)17(7-25)29-19)28-10-12-2-4-14(22)6-16(12)24/h1-6H,9-10H2,(H,27,29)(H,28,30). The summed E-state index contributed by atoms with van der Waals surface area (Å²) in [5.41, 5.74) is -0.288. The lowest BCUT2D eigenvalue weighted by Gasteiger charge is -2.14. The lowest BCUT2D eigenvalue weighted by molar-refractivity contribution is 0.573. The van der Waals surface area contributed by atoms with Gasteiger partial charge < -0.3 is 10.6 Å². The summed E-state index contributed by atoms with van der Waals surface area (Å²) in [5, 5.41) is 23.8. The highest BCUT2D eigenvalue weighted by molar-refractivity contribution is 5.62. The van der Waals surface area contributed by atoms with Gasteiger partial charge in [-0.25, -0.2) is 27.5 Å². The van der Waals surface area contributed by atoms with Gasteiger partial charge in [-0.1, -0.05) is 12.1 Å². The lowest BCUT2D eigenvalue weighted by Crippen LogP contribution is -2.12. The third-order valence-corrected chi connectivity index (χ3v) is 4.03. The van der Waals surface area contributed by atoms with Crippen LogP contribution in [0, 0.1) is 45.9 Å². The number of hydrogen-bond acceptors (Lipinski definition) is 6. The van der Waals surface area contributed by atoms with Crippen molar-refractivity contribution in [2.45, 2.75) is 13.1 Å². The van der Waals surface area contributed by atoms with Gasteiger partial charge in [0.25, 0.3) is 0 Å². The van der Waals surface area contributed by atoms with Crippen molar-refractivity contribution in [1.82, 2.24) is 9.97 Å². The Morgan fingerprint density at radius 2 is 1.10 bits per heavy atom. The molecule has 1 aromatic heterocycles. The zero-order valence-corrected chi connectivity index (χ0v) is 15.2. The molecule has 30 heavy (non-hydrogen) atoms. The molecule has 0 atom stereocenters. The Bertz CT molecular complexity index is 1090. The van der Waals surface area contributed by atoms with Gasteiger partial charge in [-0.15, -0.1) is 0 Å². The molecule has 150 valence electrons. The van der Waals surface area contributed by atoms with Crippen LogP contribution >= 0.6 is 0 Å². The highest BCUT2D eigenvalue weighted by Crippen LogP contribution is 2.22. The van der Waals surface area contributed by atoms with E-state index in [1.54, 1.807) is 12.1 Å². The van der Waals surface area contributed by atoms with Crippen molar-refractivity contribution in [3.05, 3.63) is 82.2 Å². The van der Waals surface area contributed by atoms with E-state index in [2.05, 4.69) is 20.6 Å². The van der Waals surface area contributed by atoms with E-state index in [0.717, 1.165) is 24.3 Å². The predicted molar refractivity (Wildman–Crippen MR) is 98.8 cm³/mol. The molecule has 0 amide bonds. The number of hydrogen-bond donors (Lipinski definition) is 2. The molecule has 0 bridgehead atoms. The van der Waals surface area contributed by atoms with Crippen molar-refractivity contribution >= 4 is 11.6 Å². The highest BCUT2D eigenvalue weighted by atomic mass is 19.1. The fourth-order valence-corrected chi connectivity index (χ4v) is 2.53. The summed E-state index contributed by atoms with van der Waals surface area (Å²) in [4.78, 5) is 8.01. The molecule has 3 rings (SSSR count). The van der Waals surface area contributed by atoms with Crippen LogP contribution in [-0.4, -0.2) is 9.97 Å². The van der Waals surface area contributed by atoms with E-state index >= 15 is 0 Å². The molecule has 6 nitrogen and oxygen atoms in total. The molecule has 2 aromatic carbocycles. The van der Waals surface area contributed by atoms with E-state index in [9.17, 15) is 17.6 Å². The molecule has 2 N–H and O–H groups in total. The fraction of sp³-hybridized carbons (Fsp3) is 0.100. The summed E-state index contributed by atoms with van der Waals surface area (Å²) in [6.07, 6.45) is 0. The minimum absolute atomic E-state index is 0.00297. The minimum Gasteiger partial charge on any atom is -0.363 e. The minimum atomic E-state index is -0.785. The number of nitriles is 2. The molecule has 0 spiro atoms. The van der Waals surface area contributed by atoms with E-state index < -0.39 is 23.3 Å². The van der Waals surface area contributed by atoms with Gasteiger partial charge >= 0.3 is 0 Å². The number of rotatable bonds is 6. The van der Waals surface area contributed by atoms with Crippen LogP contribution in [0.5, 0.6) is 0 Å². The maximum atomic E-state index is 13.9. The second kappa shape index (κ2) is 8.88. The van der Waals surface area contributed by atoms with Gasteiger partial charge in [0, 0.05) is 36.3 Å². The summed E-state index contributed by atoms with van der Waals surface area (Å²) in [6, 6.07) is 9.55. The Morgan fingerprint density at radius 3 is 1.43 bits per heavy atom. The molecule has 10 heteroatoms. The SMILES string of the molecule is N#Cc1nc(NCc2ccc(F)cc2F)c(NCc2ccc(F)cc2F)nc1C#N. The molecule has 0 aliphatic heterocycles. The first-order valence-electron chi connectivity index (χ1n) is 8.49. The first kappa shape index (κ1) is 20.6. The largest absolute Gasteiger partial charge is 0.363 e. The monoisotopic (exact) mass is 412 g/mol. The molecule has 1 heterocycles. The molecular formula is C20H12F4N6. The Hall–Kier alpha value is -4.18. The average Bonchev–Trinajstić information content (AvgIpc) is 2.72. The Morgan fingerprint density at radius 1 is 0.700 bits per heavy atom. The highest BCUT2D eigenvalue weighted by Gasteiger charge is 2.15. The number of aromatic nitrogens is 2. The van der Waals surface area contributed by atoms with E-state index in [4.69, 9.17) is 10.5 Å². The van der Waals surface area contributed by atoms with Gasteiger partial charge in [-0.2, -0.15) is 10.5 Å². The maximum Gasteiger partial charge on any atom is 0.179 e. The Balaban J connectivity index is 1.88. The predicted octanol–water partition coefficient (Wildman–Crippen LogP) is 4.00. The first-order valence-corrected chi connectivity index (χ1v) is 8.49. The summed E-state index contributed by atoms with van der Waals surface area (Å²) >= 11 is 0. The van der Waals surface area contributed by atoms with Crippen molar-refractivity contribution < 1.29 is 17.6 Å². The molecule has 0 aliphatic rings. The van der Waals surface area contributed by atoms with Crippen LogP contribution in [-0.2, 0) is 13.1 Å². The molecule has 0 radical (unpaired) electrons. The van der Waals surface area contributed by atoms with E-state index in [0.29, 0.717) is 0 Å². The average molecular weight is 412 g/mol. The van der Waals surface area contributed by atoms with Crippen molar-refractivity contribution in [2.75, 3.05) is 10.6 Å². The third kappa shape index (κ3) is 4.62. The number of anilines is 2. The third-order valence-electron chi connectivity index (χ3n) is 4.03. The topological polar surface area (TPSA) is 97.4 Å². The summed E-state index contributed by atoms with van der Waals surface area (Å²) in [5.74, 6) is -3.04. The first-order chi connectivity index (χ1) is 14.4. The normalized spacial score (nSPS) is 10.2. The summed E-state index contributed by atoms with van der Waals surface area (Å²) < 4.78 is 53.9. The van der Waals surface area contributed by atoms with Gasteiger partial charge in [0.05, 0.1) is 0 Å². The van der Waals surface area contributed by atoms with E-state index in [1.165, 1.54) is 12.1 Å². The van der Waals surface area contributed by atoms with Crippen molar-refractivity contribution in [2.24, 2.45) is 0 Å². The van der Waals surface area contributed by atoms with Crippen LogP contribution in [0.15, 0.2) is 36.4 Å².